The van der Waals surface area contributed by atoms with E-state index in [4.69, 9.17) is 5.73 Å². The monoisotopic (exact) mass is 261 g/mol. The number of hydrogen-bond donors (Lipinski definition) is 4. The van der Waals surface area contributed by atoms with Crippen LogP contribution < -0.4 is 11.1 Å². The van der Waals surface area contributed by atoms with Crippen LogP contribution in [0.25, 0.3) is 10.9 Å². The maximum atomic E-state index is 11.7. The Kier molecular flexibility index (Phi) is 3.82. The van der Waals surface area contributed by atoms with Gasteiger partial charge in [0, 0.05) is 17.1 Å². The number of benzene rings is 1. The maximum absolute atomic E-state index is 11.7. The van der Waals surface area contributed by atoms with Crippen molar-refractivity contribution in [3.05, 3.63) is 36.0 Å². The Morgan fingerprint density at radius 1 is 1.37 bits per heavy atom. The molecule has 1 atom stereocenters. The van der Waals surface area contributed by atoms with Crippen molar-refractivity contribution in [2.75, 3.05) is 6.54 Å². The largest absolute Gasteiger partial charge is 0.381 e. The van der Waals surface area contributed by atoms with Crippen LogP contribution in [0.1, 0.15) is 5.56 Å². The zero-order chi connectivity index (χ0) is 13.8. The second-order valence-electron chi connectivity index (χ2n) is 4.26. The van der Waals surface area contributed by atoms with Gasteiger partial charge >= 0.3 is 0 Å². The Labute approximate surface area is 109 Å². The SMILES string of the molecule is NC(=O)C(O)CNC(=O)Cc1c[nH]c2ccccc12. The molecule has 0 aliphatic heterocycles. The third-order valence-electron chi connectivity index (χ3n) is 2.85. The maximum Gasteiger partial charge on any atom is 0.248 e. The van der Waals surface area contributed by atoms with Gasteiger partial charge in [0.2, 0.25) is 11.8 Å². The van der Waals surface area contributed by atoms with Gasteiger partial charge in [0.15, 0.2) is 0 Å². The minimum absolute atomic E-state index is 0.170. The van der Waals surface area contributed by atoms with E-state index in [2.05, 4.69) is 10.3 Å². The minimum atomic E-state index is -1.35. The van der Waals surface area contributed by atoms with Crippen molar-refractivity contribution in [2.45, 2.75) is 12.5 Å². The molecule has 0 bridgehead atoms. The van der Waals surface area contributed by atoms with Gasteiger partial charge in [-0.1, -0.05) is 18.2 Å². The zero-order valence-electron chi connectivity index (χ0n) is 10.2. The van der Waals surface area contributed by atoms with Crippen LogP contribution in [-0.4, -0.2) is 34.6 Å². The molecule has 2 amide bonds. The lowest BCUT2D eigenvalue weighted by molar-refractivity contribution is -0.126. The number of H-pyrrole nitrogens is 1. The summed E-state index contributed by atoms with van der Waals surface area (Å²) < 4.78 is 0. The number of carbonyl (C=O) groups excluding carboxylic acids is 2. The highest BCUT2D eigenvalue weighted by atomic mass is 16.3. The summed E-state index contributed by atoms with van der Waals surface area (Å²) in [6.07, 6.45) is 0.594. The highest BCUT2D eigenvalue weighted by molar-refractivity contribution is 5.89. The third-order valence-corrected chi connectivity index (χ3v) is 2.85. The van der Waals surface area contributed by atoms with E-state index in [0.717, 1.165) is 16.5 Å². The van der Waals surface area contributed by atoms with E-state index in [-0.39, 0.29) is 18.9 Å². The number of primary amides is 1. The number of carbonyl (C=O) groups is 2. The molecule has 2 aromatic rings. The molecule has 0 radical (unpaired) electrons. The molecule has 0 spiro atoms. The van der Waals surface area contributed by atoms with E-state index >= 15 is 0 Å². The predicted octanol–water partition coefficient (Wildman–Crippen LogP) is -0.327. The van der Waals surface area contributed by atoms with Crippen LogP contribution >= 0.6 is 0 Å². The van der Waals surface area contributed by atoms with Gasteiger partial charge in [-0.05, 0) is 11.6 Å². The van der Waals surface area contributed by atoms with Gasteiger partial charge in [0.1, 0.15) is 6.10 Å². The Bertz CT molecular complexity index is 606. The summed E-state index contributed by atoms with van der Waals surface area (Å²) >= 11 is 0. The fraction of sp³-hybridized carbons (Fsp3) is 0.231. The van der Waals surface area contributed by atoms with Crippen molar-refractivity contribution >= 4 is 22.7 Å². The molecule has 1 aromatic carbocycles. The molecular weight excluding hydrogens is 246 g/mol. The van der Waals surface area contributed by atoms with Crippen molar-refractivity contribution in [2.24, 2.45) is 5.73 Å². The van der Waals surface area contributed by atoms with Crippen LogP contribution in [0.4, 0.5) is 0 Å². The van der Waals surface area contributed by atoms with Crippen LogP contribution in [-0.2, 0) is 16.0 Å². The Morgan fingerprint density at radius 3 is 2.84 bits per heavy atom. The molecule has 0 saturated heterocycles. The first kappa shape index (κ1) is 13.1. The van der Waals surface area contributed by atoms with Crippen LogP contribution in [0.2, 0.25) is 0 Å². The van der Waals surface area contributed by atoms with Gasteiger partial charge in [0.25, 0.3) is 0 Å². The van der Waals surface area contributed by atoms with E-state index in [0.29, 0.717) is 0 Å². The summed E-state index contributed by atoms with van der Waals surface area (Å²) in [5, 5.41) is 12.6. The van der Waals surface area contributed by atoms with Crippen LogP contribution in [0, 0.1) is 0 Å². The van der Waals surface area contributed by atoms with Crippen LogP contribution in [0.3, 0.4) is 0 Å². The van der Waals surface area contributed by atoms with Crippen molar-refractivity contribution < 1.29 is 14.7 Å². The van der Waals surface area contributed by atoms with Gasteiger partial charge in [-0.3, -0.25) is 9.59 Å². The van der Waals surface area contributed by atoms with Crippen molar-refractivity contribution in [1.82, 2.24) is 10.3 Å². The summed E-state index contributed by atoms with van der Waals surface area (Å²) in [7, 11) is 0. The average Bonchev–Trinajstić information content (AvgIpc) is 2.79. The van der Waals surface area contributed by atoms with E-state index in [1.54, 1.807) is 6.20 Å². The molecule has 1 heterocycles. The molecule has 0 fully saturated rings. The Hall–Kier alpha value is -2.34. The number of amides is 2. The first-order valence-corrected chi connectivity index (χ1v) is 5.87. The van der Waals surface area contributed by atoms with Gasteiger partial charge in [-0.2, -0.15) is 0 Å². The number of aromatic amines is 1. The normalized spacial score (nSPS) is 12.3. The topological polar surface area (TPSA) is 108 Å². The molecule has 0 aliphatic carbocycles. The van der Waals surface area contributed by atoms with Crippen molar-refractivity contribution in [3.8, 4) is 0 Å². The van der Waals surface area contributed by atoms with E-state index in [9.17, 15) is 14.7 Å². The molecule has 2 rings (SSSR count). The molecule has 19 heavy (non-hydrogen) atoms. The van der Waals surface area contributed by atoms with Gasteiger partial charge < -0.3 is 21.1 Å². The summed E-state index contributed by atoms with van der Waals surface area (Å²) in [6, 6.07) is 7.65. The molecular formula is C13H15N3O3. The molecule has 1 aromatic heterocycles. The molecule has 6 nitrogen and oxygen atoms in total. The number of aliphatic hydroxyl groups is 1. The summed E-state index contributed by atoms with van der Waals surface area (Å²) in [5.41, 5.74) is 6.71. The number of hydrogen-bond acceptors (Lipinski definition) is 3. The first-order valence-electron chi connectivity index (χ1n) is 5.87. The van der Waals surface area contributed by atoms with E-state index < -0.39 is 12.0 Å². The lowest BCUT2D eigenvalue weighted by Gasteiger charge is -2.08. The molecule has 1 unspecified atom stereocenters. The third kappa shape index (κ3) is 3.11. The highest BCUT2D eigenvalue weighted by Crippen LogP contribution is 2.17. The fourth-order valence-electron chi connectivity index (χ4n) is 1.82. The molecule has 0 aliphatic rings. The lowest BCUT2D eigenvalue weighted by atomic mass is 10.1. The van der Waals surface area contributed by atoms with Crippen molar-refractivity contribution in [3.63, 3.8) is 0 Å². The summed E-state index contributed by atoms with van der Waals surface area (Å²) in [5.74, 6) is -1.13. The molecule has 100 valence electrons. The number of aromatic nitrogens is 1. The Morgan fingerprint density at radius 2 is 2.11 bits per heavy atom. The van der Waals surface area contributed by atoms with Gasteiger partial charge in [-0.25, -0.2) is 0 Å². The quantitative estimate of drug-likeness (QED) is 0.592. The molecule has 0 saturated carbocycles. The van der Waals surface area contributed by atoms with Crippen LogP contribution in [0.15, 0.2) is 30.5 Å². The lowest BCUT2D eigenvalue weighted by Crippen LogP contribution is -2.40. The number of nitrogens with two attached hydrogens (primary N) is 1. The number of para-hydroxylation sites is 1. The number of nitrogens with one attached hydrogen (secondary N) is 2. The number of fused-ring (bicyclic) bond motifs is 1. The van der Waals surface area contributed by atoms with E-state index in [1.807, 2.05) is 24.3 Å². The predicted molar refractivity (Wildman–Crippen MR) is 70.2 cm³/mol. The Balaban J connectivity index is 1.97. The standard InChI is InChI=1S/C13H15N3O3/c14-13(19)11(17)7-16-12(18)5-8-6-15-10-4-2-1-3-9(8)10/h1-4,6,11,15,17H,5,7H2,(H2,14,19)(H,16,18). The minimum Gasteiger partial charge on any atom is -0.381 e. The molecule has 5 N–H and O–H groups in total. The summed E-state index contributed by atoms with van der Waals surface area (Å²) in [4.78, 5) is 25.4. The first-order chi connectivity index (χ1) is 9.08. The second kappa shape index (κ2) is 5.53. The number of rotatable bonds is 5. The second-order valence-corrected chi connectivity index (χ2v) is 4.26. The van der Waals surface area contributed by atoms with Gasteiger partial charge in [-0.15, -0.1) is 0 Å². The average molecular weight is 261 g/mol. The number of aliphatic hydroxyl groups excluding tert-OH is 1. The van der Waals surface area contributed by atoms with Crippen molar-refractivity contribution in [1.29, 1.82) is 0 Å². The van der Waals surface area contributed by atoms with Gasteiger partial charge in [0.05, 0.1) is 13.0 Å². The fourth-order valence-corrected chi connectivity index (χ4v) is 1.82. The van der Waals surface area contributed by atoms with E-state index in [1.165, 1.54) is 0 Å². The smallest absolute Gasteiger partial charge is 0.248 e. The molecule has 6 heteroatoms. The van der Waals surface area contributed by atoms with Crippen LogP contribution in [0.5, 0.6) is 0 Å². The summed E-state index contributed by atoms with van der Waals surface area (Å²) in [6.45, 7) is -0.170. The zero-order valence-corrected chi connectivity index (χ0v) is 10.2. The highest BCUT2D eigenvalue weighted by Gasteiger charge is 2.13.